The SMILES string of the molecule is Cc1ncn(C)c1C(=O)NCC[C@@H]1CCCCN1C(C)C. The molecule has 1 saturated heterocycles. The summed E-state index contributed by atoms with van der Waals surface area (Å²) in [5.74, 6) is -0.0144. The molecule has 2 rings (SSSR count). The summed E-state index contributed by atoms with van der Waals surface area (Å²) < 4.78 is 1.78. The van der Waals surface area contributed by atoms with Crippen LogP contribution in [0, 0.1) is 6.92 Å². The van der Waals surface area contributed by atoms with Crippen LogP contribution < -0.4 is 5.32 Å². The molecule has 118 valence electrons. The van der Waals surface area contributed by atoms with Crippen LogP contribution in [0.4, 0.5) is 0 Å². The number of piperidine rings is 1. The summed E-state index contributed by atoms with van der Waals surface area (Å²) in [4.78, 5) is 19.0. The Labute approximate surface area is 127 Å². The normalized spacial score (nSPS) is 20.0. The Hall–Kier alpha value is -1.36. The molecule has 0 aromatic carbocycles. The van der Waals surface area contributed by atoms with Gasteiger partial charge in [-0.05, 0) is 46.6 Å². The summed E-state index contributed by atoms with van der Waals surface area (Å²) in [6, 6.07) is 1.19. The minimum absolute atomic E-state index is 0.0144. The molecule has 1 amide bonds. The number of nitrogens with one attached hydrogen (secondary N) is 1. The van der Waals surface area contributed by atoms with E-state index in [0.717, 1.165) is 18.7 Å². The smallest absolute Gasteiger partial charge is 0.269 e. The second-order valence-corrected chi connectivity index (χ2v) is 6.32. The molecule has 1 aromatic heterocycles. The molecule has 1 aromatic rings. The Morgan fingerprint density at radius 3 is 2.86 bits per heavy atom. The molecule has 0 aliphatic carbocycles. The third kappa shape index (κ3) is 3.84. The largest absolute Gasteiger partial charge is 0.351 e. The highest BCUT2D eigenvalue weighted by molar-refractivity contribution is 5.93. The number of aromatic nitrogens is 2. The maximum absolute atomic E-state index is 12.2. The maximum atomic E-state index is 12.2. The van der Waals surface area contributed by atoms with E-state index in [4.69, 9.17) is 0 Å². The van der Waals surface area contributed by atoms with Crippen molar-refractivity contribution in [3.63, 3.8) is 0 Å². The first kappa shape index (κ1) is 16.0. The lowest BCUT2D eigenvalue weighted by atomic mass is 9.98. The zero-order chi connectivity index (χ0) is 15.4. The quantitative estimate of drug-likeness (QED) is 0.904. The van der Waals surface area contributed by atoms with Gasteiger partial charge in [-0.25, -0.2) is 4.98 Å². The van der Waals surface area contributed by atoms with Crippen molar-refractivity contribution in [2.45, 2.75) is 58.5 Å². The summed E-state index contributed by atoms with van der Waals surface area (Å²) in [6.07, 6.45) is 6.57. The molecule has 1 N–H and O–H groups in total. The van der Waals surface area contributed by atoms with Crippen LogP contribution in [-0.4, -0.2) is 45.5 Å². The summed E-state index contributed by atoms with van der Waals surface area (Å²) in [6.45, 7) is 8.32. The van der Waals surface area contributed by atoms with Gasteiger partial charge >= 0.3 is 0 Å². The van der Waals surface area contributed by atoms with Crippen molar-refractivity contribution in [1.82, 2.24) is 19.8 Å². The monoisotopic (exact) mass is 292 g/mol. The van der Waals surface area contributed by atoms with Crippen molar-refractivity contribution < 1.29 is 4.79 Å². The third-order valence-corrected chi connectivity index (χ3v) is 4.43. The minimum Gasteiger partial charge on any atom is -0.351 e. The summed E-state index contributed by atoms with van der Waals surface area (Å²) in [5, 5.41) is 3.05. The molecular weight excluding hydrogens is 264 g/mol. The van der Waals surface area contributed by atoms with E-state index in [2.05, 4.69) is 29.0 Å². The fourth-order valence-corrected chi connectivity index (χ4v) is 3.32. The van der Waals surface area contributed by atoms with Gasteiger partial charge in [-0.1, -0.05) is 6.42 Å². The van der Waals surface area contributed by atoms with Crippen molar-refractivity contribution in [1.29, 1.82) is 0 Å². The molecule has 21 heavy (non-hydrogen) atoms. The van der Waals surface area contributed by atoms with Gasteiger partial charge in [0.15, 0.2) is 0 Å². The number of carbonyl (C=O) groups is 1. The van der Waals surface area contributed by atoms with Crippen molar-refractivity contribution >= 4 is 5.91 Å². The Balaban J connectivity index is 1.85. The maximum Gasteiger partial charge on any atom is 0.269 e. The van der Waals surface area contributed by atoms with Crippen molar-refractivity contribution in [3.05, 3.63) is 17.7 Å². The average molecular weight is 292 g/mol. The van der Waals surface area contributed by atoms with Crippen LogP contribution in [0.5, 0.6) is 0 Å². The Morgan fingerprint density at radius 2 is 2.24 bits per heavy atom. The molecule has 1 atom stereocenters. The highest BCUT2D eigenvalue weighted by atomic mass is 16.1. The molecule has 0 bridgehead atoms. The van der Waals surface area contributed by atoms with E-state index in [9.17, 15) is 4.79 Å². The zero-order valence-electron chi connectivity index (χ0n) is 13.7. The molecule has 5 nitrogen and oxygen atoms in total. The van der Waals surface area contributed by atoms with Crippen molar-refractivity contribution in [3.8, 4) is 0 Å². The summed E-state index contributed by atoms with van der Waals surface area (Å²) >= 11 is 0. The number of amides is 1. The molecule has 0 unspecified atom stereocenters. The van der Waals surface area contributed by atoms with E-state index < -0.39 is 0 Å². The fourth-order valence-electron chi connectivity index (χ4n) is 3.32. The van der Waals surface area contributed by atoms with Gasteiger partial charge in [0, 0.05) is 25.7 Å². The second-order valence-electron chi connectivity index (χ2n) is 6.32. The van der Waals surface area contributed by atoms with Crippen LogP contribution in [0.25, 0.3) is 0 Å². The van der Waals surface area contributed by atoms with E-state index in [0.29, 0.717) is 17.8 Å². The van der Waals surface area contributed by atoms with Crippen LogP contribution >= 0.6 is 0 Å². The van der Waals surface area contributed by atoms with Gasteiger partial charge in [-0.2, -0.15) is 0 Å². The van der Waals surface area contributed by atoms with Crippen LogP contribution in [0.1, 0.15) is 55.7 Å². The lowest BCUT2D eigenvalue weighted by molar-refractivity contribution is 0.0906. The topological polar surface area (TPSA) is 50.2 Å². The number of likely N-dealkylation sites (tertiary alicyclic amines) is 1. The van der Waals surface area contributed by atoms with Gasteiger partial charge in [0.1, 0.15) is 5.69 Å². The number of hydrogen-bond donors (Lipinski definition) is 1. The number of aryl methyl sites for hydroxylation is 2. The first-order valence-corrected chi connectivity index (χ1v) is 8.02. The predicted octanol–water partition coefficient (Wildman–Crippen LogP) is 2.11. The van der Waals surface area contributed by atoms with E-state index in [-0.39, 0.29) is 5.91 Å². The Bertz CT molecular complexity index is 461. The molecule has 0 saturated carbocycles. The molecule has 0 spiro atoms. The highest BCUT2D eigenvalue weighted by Crippen LogP contribution is 2.21. The molecule has 2 heterocycles. The first-order chi connectivity index (χ1) is 10.0. The molecule has 0 radical (unpaired) electrons. The molecule has 1 fully saturated rings. The fraction of sp³-hybridized carbons (Fsp3) is 0.750. The third-order valence-electron chi connectivity index (χ3n) is 4.43. The first-order valence-electron chi connectivity index (χ1n) is 8.02. The molecule has 1 aliphatic heterocycles. The van der Waals surface area contributed by atoms with Crippen LogP contribution in [0.3, 0.4) is 0 Å². The van der Waals surface area contributed by atoms with Crippen molar-refractivity contribution in [2.75, 3.05) is 13.1 Å². The van der Waals surface area contributed by atoms with Gasteiger partial charge in [-0.15, -0.1) is 0 Å². The number of rotatable bonds is 5. The zero-order valence-corrected chi connectivity index (χ0v) is 13.7. The lowest BCUT2D eigenvalue weighted by Gasteiger charge is -2.38. The van der Waals surface area contributed by atoms with Crippen LogP contribution in [-0.2, 0) is 7.05 Å². The van der Waals surface area contributed by atoms with Crippen LogP contribution in [0.2, 0.25) is 0 Å². The Morgan fingerprint density at radius 1 is 1.48 bits per heavy atom. The van der Waals surface area contributed by atoms with E-state index in [1.165, 1.54) is 25.8 Å². The van der Waals surface area contributed by atoms with Gasteiger partial charge in [-0.3, -0.25) is 9.69 Å². The van der Waals surface area contributed by atoms with Gasteiger partial charge < -0.3 is 9.88 Å². The molecular formula is C16H28N4O. The van der Waals surface area contributed by atoms with E-state index in [1.54, 1.807) is 10.9 Å². The molecule has 5 heteroatoms. The predicted molar refractivity (Wildman–Crippen MR) is 84.4 cm³/mol. The van der Waals surface area contributed by atoms with Gasteiger partial charge in [0.2, 0.25) is 0 Å². The number of carbonyl (C=O) groups excluding carboxylic acids is 1. The standard InChI is InChI=1S/C16H28N4O/c1-12(2)20-10-6-5-7-14(20)8-9-17-16(21)15-13(3)18-11-19(15)4/h11-12,14H,5-10H2,1-4H3,(H,17,21)/t14-/m0/s1. The number of imidazole rings is 1. The number of hydrogen-bond acceptors (Lipinski definition) is 3. The molecule has 1 aliphatic rings. The van der Waals surface area contributed by atoms with Crippen molar-refractivity contribution in [2.24, 2.45) is 7.05 Å². The van der Waals surface area contributed by atoms with Gasteiger partial charge in [0.05, 0.1) is 12.0 Å². The second kappa shape index (κ2) is 7.07. The van der Waals surface area contributed by atoms with Crippen LogP contribution in [0.15, 0.2) is 6.33 Å². The Kier molecular flexibility index (Phi) is 5.39. The average Bonchev–Trinajstić information content (AvgIpc) is 2.78. The van der Waals surface area contributed by atoms with E-state index >= 15 is 0 Å². The minimum atomic E-state index is -0.0144. The van der Waals surface area contributed by atoms with Gasteiger partial charge in [0.25, 0.3) is 5.91 Å². The summed E-state index contributed by atoms with van der Waals surface area (Å²) in [5.41, 5.74) is 1.45. The number of nitrogens with zero attached hydrogens (tertiary/aromatic N) is 3. The highest BCUT2D eigenvalue weighted by Gasteiger charge is 2.24. The lowest BCUT2D eigenvalue weighted by Crippen LogP contribution is -2.45. The van der Waals surface area contributed by atoms with E-state index in [1.807, 2.05) is 14.0 Å². The summed E-state index contributed by atoms with van der Waals surface area (Å²) in [7, 11) is 1.86.